The van der Waals surface area contributed by atoms with Gasteiger partial charge in [0.05, 0.1) is 26.6 Å². The number of quaternary nitrogens is 1. The van der Waals surface area contributed by atoms with E-state index in [9.17, 15) is 29.4 Å². The minimum absolute atomic E-state index is 0.00835. The van der Waals surface area contributed by atoms with Crippen molar-refractivity contribution in [3.63, 3.8) is 0 Å². The molecule has 0 radical (unpaired) electrons. The van der Waals surface area contributed by atoms with E-state index < -0.39 is 11.8 Å². The number of benzene rings is 2. The number of piperidine rings is 2. The number of hydroxylamine groups is 1. The Morgan fingerprint density at radius 1 is 1.02 bits per heavy atom. The van der Waals surface area contributed by atoms with Crippen molar-refractivity contribution in [3.8, 4) is 5.75 Å². The van der Waals surface area contributed by atoms with Crippen LogP contribution in [0.15, 0.2) is 36.4 Å². The summed E-state index contributed by atoms with van der Waals surface area (Å²) in [6, 6.07) is 11.3. The highest BCUT2D eigenvalue weighted by molar-refractivity contribution is 5.91. The number of nitrogens with zero attached hydrogens (tertiary/aromatic N) is 5. The van der Waals surface area contributed by atoms with Gasteiger partial charge in [0, 0.05) is 82.0 Å². The fourth-order valence-electron chi connectivity index (χ4n) is 9.46. The second-order valence-electron chi connectivity index (χ2n) is 15.0. The third-order valence-electron chi connectivity index (χ3n) is 12.1. The quantitative estimate of drug-likeness (QED) is 0.163. The zero-order chi connectivity index (χ0) is 37.0. The van der Waals surface area contributed by atoms with Crippen LogP contribution >= 0.6 is 0 Å². The second kappa shape index (κ2) is 15.9. The van der Waals surface area contributed by atoms with Gasteiger partial charge in [0.1, 0.15) is 18.6 Å². The first-order chi connectivity index (χ1) is 25.0. The Morgan fingerprint density at radius 3 is 2.37 bits per heavy atom. The molecular formula is C38H54N7O7+. The molecule has 52 heavy (non-hydrogen) atoms. The third-order valence-corrected chi connectivity index (χ3v) is 12.1. The summed E-state index contributed by atoms with van der Waals surface area (Å²) in [7, 11) is 1.42. The molecular weight excluding hydrogens is 666 g/mol. The molecule has 4 aliphatic rings. The molecule has 2 aromatic carbocycles. The maximum absolute atomic E-state index is 13.9. The van der Waals surface area contributed by atoms with Gasteiger partial charge in [-0.15, -0.1) is 0 Å². The lowest BCUT2D eigenvalue weighted by Crippen LogP contribution is -2.78. The molecule has 14 nitrogen and oxygen atoms in total. The van der Waals surface area contributed by atoms with E-state index >= 15 is 0 Å². The Hall–Kier alpha value is -4.08. The summed E-state index contributed by atoms with van der Waals surface area (Å²) in [6.07, 6.45) is 2.99. The lowest BCUT2D eigenvalue weighted by molar-refractivity contribution is -0.942. The number of aryl methyl sites for hydroxylation is 2. The number of phenolic OH excluding ortho intramolecular Hbond substituents is 1. The van der Waals surface area contributed by atoms with Crippen LogP contribution in [0.1, 0.15) is 54.4 Å². The number of amides is 4. The van der Waals surface area contributed by atoms with E-state index in [1.54, 1.807) is 0 Å². The molecule has 4 aliphatic heterocycles. The van der Waals surface area contributed by atoms with Crippen LogP contribution < -0.4 is 10.8 Å². The van der Waals surface area contributed by atoms with Gasteiger partial charge < -0.3 is 25.2 Å². The number of nitrogens with one attached hydrogen (secondary N) is 2. The fraction of sp³-hybridized carbons (Fsp3) is 0.579. The topological polar surface area (TPSA) is 155 Å². The number of aldehydes is 1. The largest absolute Gasteiger partial charge is 0.515 e. The van der Waals surface area contributed by atoms with E-state index in [4.69, 9.17) is 4.84 Å². The molecule has 4 N–H and O–H groups in total. The average molecular weight is 721 g/mol. The Morgan fingerprint density at radius 2 is 1.71 bits per heavy atom. The zero-order valence-corrected chi connectivity index (χ0v) is 30.7. The SMILES string of the molecule is CONC(=O)CN1CCN(C2CCN(C3(CC=O)CC(N4CCc5ccccc5NC4=O)CC[N@+]3(Cc3cc(C)c(O)c(C)c3)C(=O)O)CC2)CC1. The van der Waals surface area contributed by atoms with Crippen molar-refractivity contribution in [2.24, 2.45) is 0 Å². The molecule has 0 bridgehead atoms. The number of aromatic hydroxyl groups is 1. The van der Waals surface area contributed by atoms with E-state index in [0.29, 0.717) is 56.1 Å². The van der Waals surface area contributed by atoms with Crippen molar-refractivity contribution in [1.29, 1.82) is 0 Å². The normalized spacial score (nSPS) is 26.6. The Bertz CT molecular complexity index is 1620. The number of piperazine rings is 1. The number of hydrogen-bond donors (Lipinski definition) is 4. The summed E-state index contributed by atoms with van der Waals surface area (Å²) in [5, 5.41) is 25.0. The van der Waals surface area contributed by atoms with Crippen LogP contribution in [-0.2, 0) is 27.4 Å². The average Bonchev–Trinajstić information content (AvgIpc) is 3.30. The van der Waals surface area contributed by atoms with Crippen LogP contribution in [0.2, 0.25) is 0 Å². The molecule has 6 rings (SSSR count). The first-order valence-electron chi connectivity index (χ1n) is 18.5. The molecule has 4 heterocycles. The van der Waals surface area contributed by atoms with Crippen molar-refractivity contribution in [2.75, 3.05) is 71.3 Å². The minimum atomic E-state index is -1.12. The number of phenols is 1. The lowest BCUT2D eigenvalue weighted by Gasteiger charge is -2.59. The predicted molar refractivity (Wildman–Crippen MR) is 195 cm³/mol. The number of carbonyl (C=O) groups is 4. The van der Waals surface area contributed by atoms with E-state index in [-0.39, 0.29) is 54.3 Å². The number of rotatable bonds is 10. The molecule has 0 saturated carbocycles. The predicted octanol–water partition coefficient (Wildman–Crippen LogP) is 3.30. The van der Waals surface area contributed by atoms with Gasteiger partial charge in [-0.25, -0.2) is 14.8 Å². The lowest BCUT2D eigenvalue weighted by atomic mass is 9.81. The highest BCUT2D eigenvalue weighted by atomic mass is 16.6. The molecule has 14 heteroatoms. The number of likely N-dealkylation sites (tertiary alicyclic amines) is 2. The van der Waals surface area contributed by atoms with Crippen molar-refractivity contribution in [3.05, 3.63) is 58.7 Å². The van der Waals surface area contributed by atoms with Crippen molar-refractivity contribution < 1.29 is 38.7 Å². The van der Waals surface area contributed by atoms with Crippen molar-refractivity contribution >= 4 is 30.0 Å². The highest BCUT2D eigenvalue weighted by Crippen LogP contribution is 2.46. The van der Waals surface area contributed by atoms with Crippen LogP contribution in [0.3, 0.4) is 0 Å². The van der Waals surface area contributed by atoms with Gasteiger partial charge in [0.25, 0.3) is 5.91 Å². The molecule has 2 aromatic rings. The van der Waals surface area contributed by atoms with Crippen LogP contribution in [0.5, 0.6) is 5.75 Å². The van der Waals surface area contributed by atoms with Crippen LogP contribution in [0.4, 0.5) is 15.3 Å². The Kier molecular flexibility index (Phi) is 11.5. The van der Waals surface area contributed by atoms with Gasteiger partial charge in [-0.05, 0) is 68.0 Å². The highest BCUT2D eigenvalue weighted by Gasteiger charge is 2.64. The molecule has 4 amide bonds. The number of fused-ring (bicyclic) bond motifs is 1. The number of anilines is 1. The van der Waals surface area contributed by atoms with E-state index in [1.807, 2.05) is 55.1 Å². The molecule has 282 valence electrons. The molecule has 0 aromatic heterocycles. The zero-order valence-electron chi connectivity index (χ0n) is 30.7. The third kappa shape index (κ3) is 7.40. The first-order valence-corrected chi connectivity index (χ1v) is 18.5. The number of urea groups is 1. The number of carbonyl (C=O) groups excluding carboxylic acids is 3. The van der Waals surface area contributed by atoms with Crippen LogP contribution in [-0.4, -0.2) is 142 Å². The van der Waals surface area contributed by atoms with Crippen LogP contribution in [0.25, 0.3) is 0 Å². The van der Waals surface area contributed by atoms with Gasteiger partial charge >= 0.3 is 12.1 Å². The van der Waals surface area contributed by atoms with E-state index in [1.165, 1.54) is 7.11 Å². The van der Waals surface area contributed by atoms with E-state index in [0.717, 1.165) is 62.1 Å². The maximum Gasteiger partial charge on any atom is 0.515 e. The van der Waals surface area contributed by atoms with E-state index in [2.05, 4.69) is 25.5 Å². The summed E-state index contributed by atoms with van der Waals surface area (Å²) in [4.78, 5) is 66.0. The fourth-order valence-corrected chi connectivity index (χ4v) is 9.46. The molecule has 0 aliphatic carbocycles. The van der Waals surface area contributed by atoms with Crippen molar-refractivity contribution in [2.45, 2.75) is 76.7 Å². The smallest absolute Gasteiger partial charge is 0.507 e. The molecule has 2 unspecified atom stereocenters. The Labute approximate surface area is 305 Å². The maximum atomic E-state index is 13.9. The summed E-state index contributed by atoms with van der Waals surface area (Å²) in [6.45, 7) is 9.20. The van der Waals surface area contributed by atoms with Gasteiger partial charge in [0.2, 0.25) is 0 Å². The standard InChI is InChI=1S/C38H53N7O7/c1-27-22-29(23-28(2)35(27)48)26-45(37(50)51)20-11-32(44-15-8-30-6-4-5-7-33(30)39-36(44)49)24-38(45,12-21-46)43-13-9-31(10-14-43)42-18-16-41(17-19-42)25-34(47)40-52-3/h4-7,21-23,31-32H,8-20,24-26H2,1-3H3,(H3-,39,40,47,48,49,50,51)/p+1/t32?,38?,45-/m0/s1. The number of para-hydroxylation sites is 1. The van der Waals surface area contributed by atoms with Crippen LogP contribution in [0, 0.1) is 13.8 Å². The number of carboxylic acid groups (broad SMARTS) is 1. The summed E-state index contributed by atoms with van der Waals surface area (Å²) in [5.41, 5.74) is 5.26. The van der Waals surface area contributed by atoms with Gasteiger partial charge in [-0.2, -0.15) is 4.79 Å². The summed E-state index contributed by atoms with van der Waals surface area (Å²) >= 11 is 0. The molecule has 0 spiro atoms. The molecule has 3 fully saturated rings. The second-order valence-corrected chi connectivity index (χ2v) is 15.0. The molecule has 3 atom stereocenters. The monoisotopic (exact) mass is 720 g/mol. The Balaban J connectivity index is 1.28. The summed E-state index contributed by atoms with van der Waals surface area (Å²) in [5.74, 6) is 0.0215. The number of hydrogen-bond acceptors (Lipinski definition) is 9. The van der Waals surface area contributed by atoms with Gasteiger partial charge in [0.15, 0.2) is 5.66 Å². The first kappa shape index (κ1) is 37.7. The van der Waals surface area contributed by atoms with Gasteiger partial charge in [-0.3, -0.25) is 24.3 Å². The molecule has 3 saturated heterocycles. The minimum Gasteiger partial charge on any atom is -0.507 e. The van der Waals surface area contributed by atoms with Crippen molar-refractivity contribution in [1.82, 2.24) is 25.1 Å². The summed E-state index contributed by atoms with van der Waals surface area (Å²) < 4.78 is -0.353. The van der Waals surface area contributed by atoms with Gasteiger partial charge in [-0.1, -0.05) is 18.2 Å².